The van der Waals surface area contributed by atoms with Gasteiger partial charge < -0.3 is 20.5 Å². The van der Waals surface area contributed by atoms with Crippen LogP contribution in [0.1, 0.15) is 26.5 Å². The van der Waals surface area contributed by atoms with Gasteiger partial charge in [0.05, 0.1) is 18.7 Å². The van der Waals surface area contributed by atoms with Gasteiger partial charge in [0.25, 0.3) is 0 Å². The number of benzene rings is 2. The minimum atomic E-state index is -1.03. The van der Waals surface area contributed by atoms with E-state index in [1.807, 2.05) is 39.0 Å². The number of halogens is 1. The van der Waals surface area contributed by atoms with E-state index in [1.165, 1.54) is 12.1 Å². The number of pyridine rings is 1. The first kappa shape index (κ1) is 24.9. The van der Waals surface area contributed by atoms with Crippen LogP contribution >= 0.6 is 0 Å². The van der Waals surface area contributed by atoms with E-state index in [4.69, 9.17) is 4.74 Å². The van der Waals surface area contributed by atoms with Crippen molar-refractivity contribution < 1.29 is 23.8 Å². The van der Waals surface area contributed by atoms with Crippen molar-refractivity contribution >= 4 is 11.8 Å². The highest BCUT2D eigenvalue weighted by molar-refractivity contribution is 5.90. The Morgan fingerprint density at radius 1 is 1.00 bits per heavy atom. The number of amides is 2. The van der Waals surface area contributed by atoms with E-state index >= 15 is 0 Å². The number of carbonyl (C=O) groups excluding carboxylic acids is 2. The van der Waals surface area contributed by atoms with Gasteiger partial charge in [0.15, 0.2) is 5.78 Å². The lowest BCUT2D eigenvalue weighted by Crippen LogP contribution is -2.53. The number of carbonyl (C=O) groups is 2. The molecular formula is C26H28FN3O4. The number of aromatic nitrogens is 1. The maximum absolute atomic E-state index is 13.0. The van der Waals surface area contributed by atoms with Crippen LogP contribution in [0.3, 0.4) is 0 Å². The van der Waals surface area contributed by atoms with Crippen molar-refractivity contribution in [3.63, 3.8) is 0 Å². The monoisotopic (exact) mass is 465 g/mol. The molecule has 0 saturated heterocycles. The fraction of sp³-hybridized carbons (Fsp3) is 0.269. The highest BCUT2D eigenvalue weighted by Crippen LogP contribution is 2.25. The number of urea groups is 1. The lowest BCUT2D eigenvalue weighted by molar-refractivity contribution is -0.121. The number of ketones is 1. The molecular weight excluding hydrogens is 437 g/mol. The van der Waals surface area contributed by atoms with Gasteiger partial charge in [-0.1, -0.05) is 6.07 Å². The quantitative estimate of drug-likeness (QED) is 0.462. The topological polar surface area (TPSA) is 101 Å². The molecule has 34 heavy (non-hydrogen) atoms. The molecule has 7 nitrogen and oxygen atoms in total. The van der Waals surface area contributed by atoms with Crippen LogP contribution in [0.5, 0.6) is 11.5 Å². The molecule has 2 amide bonds. The number of nitrogens with one attached hydrogen (secondary N) is 2. The van der Waals surface area contributed by atoms with Gasteiger partial charge >= 0.3 is 6.03 Å². The summed E-state index contributed by atoms with van der Waals surface area (Å²) < 4.78 is 18.7. The maximum atomic E-state index is 13.0. The second kappa shape index (κ2) is 10.9. The molecule has 0 aliphatic carbocycles. The molecule has 3 N–H and O–H groups in total. The van der Waals surface area contributed by atoms with Gasteiger partial charge in [0.1, 0.15) is 23.4 Å². The minimum absolute atomic E-state index is 0.0410. The SMILES string of the molecule is CC(C)(C)NC(=O)N[C@@H](CO)C(=O)Cc1cccc(-c2ccc(Oc3ccc(F)cc3)cc2)n1. The third kappa shape index (κ3) is 7.38. The number of aliphatic hydroxyl groups is 1. The largest absolute Gasteiger partial charge is 0.457 e. The average molecular weight is 466 g/mol. The molecule has 3 aromatic rings. The van der Waals surface area contributed by atoms with Gasteiger partial charge in [-0.25, -0.2) is 9.18 Å². The molecule has 3 rings (SSSR count). The van der Waals surface area contributed by atoms with Crippen LogP contribution in [0, 0.1) is 5.82 Å². The Morgan fingerprint density at radius 3 is 2.21 bits per heavy atom. The highest BCUT2D eigenvalue weighted by atomic mass is 19.1. The molecule has 1 atom stereocenters. The summed E-state index contributed by atoms with van der Waals surface area (Å²) >= 11 is 0. The van der Waals surface area contributed by atoms with Crippen LogP contribution < -0.4 is 15.4 Å². The van der Waals surface area contributed by atoms with Gasteiger partial charge in [-0.3, -0.25) is 9.78 Å². The number of ether oxygens (including phenoxy) is 1. The van der Waals surface area contributed by atoms with Gasteiger partial charge in [-0.2, -0.15) is 0 Å². The molecule has 0 bridgehead atoms. The van der Waals surface area contributed by atoms with Gasteiger partial charge in [0.2, 0.25) is 0 Å². The summed E-state index contributed by atoms with van der Waals surface area (Å²) in [5.74, 6) is 0.434. The van der Waals surface area contributed by atoms with Crippen LogP contribution in [0.15, 0.2) is 66.7 Å². The number of hydrogen-bond acceptors (Lipinski definition) is 5. The molecule has 0 unspecified atom stereocenters. The molecule has 0 spiro atoms. The molecule has 0 radical (unpaired) electrons. The van der Waals surface area contributed by atoms with E-state index in [0.717, 1.165) is 5.56 Å². The Balaban J connectivity index is 1.65. The van der Waals surface area contributed by atoms with Crippen LogP contribution in [0.25, 0.3) is 11.3 Å². The fourth-order valence-electron chi connectivity index (χ4n) is 3.14. The third-order valence-corrected chi connectivity index (χ3v) is 4.73. The van der Waals surface area contributed by atoms with Crippen molar-refractivity contribution in [2.45, 2.75) is 38.8 Å². The van der Waals surface area contributed by atoms with E-state index in [2.05, 4.69) is 15.6 Å². The van der Waals surface area contributed by atoms with E-state index < -0.39 is 24.2 Å². The number of aliphatic hydroxyl groups excluding tert-OH is 1. The number of hydrogen-bond donors (Lipinski definition) is 3. The Hall–Kier alpha value is -3.78. The van der Waals surface area contributed by atoms with Crippen LogP contribution in [-0.4, -0.2) is 40.1 Å². The van der Waals surface area contributed by atoms with E-state index in [-0.39, 0.29) is 18.0 Å². The zero-order chi connectivity index (χ0) is 24.7. The highest BCUT2D eigenvalue weighted by Gasteiger charge is 2.22. The standard InChI is InChI=1S/C26H28FN3O4/c1-26(2,3)30-25(33)29-23(16-31)24(32)15-19-5-4-6-22(28-19)17-7-11-20(12-8-17)34-21-13-9-18(27)10-14-21/h4-14,23,31H,15-16H2,1-3H3,(H2,29,30,33)/t23-/m0/s1. The molecule has 0 aliphatic heterocycles. The molecule has 0 fully saturated rings. The molecule has 2 aromatic carbocycles. The first-order valence-corrected chi connectivity index (χ1v) is 10.8. The number of rotatable bonds is 8. The van der Waals surface area contributed by atoms with Crippen LogP contribution in [-0.2, 0) is 11.2 Å². The minimum Gasteiger partial charge on any atom is -0.457 e. The second-order valence-electron chi connectivity index (χ2n) is 8.82. The van der Waals surface area contributed by atoms with Gasteiger partial charge in [0, 0.05) is 16.8 Å². The normalized spacial score (nSPS) is 12.0. The second-order valence-corrected chi connectivity index (χ2v) is 8.82. The predicted molar refractivity (Wildman–Crippen MR) is 127 cm³/mol. The maximum Gasteiger partial charge on any atom is 0.315 e. The van der Waals surface area contributed by atoms with Crippen molar-refractivity contribution in [3.8, 4) is 22.8 Å². The molecule has 178 valence electrons. The lowest BCUT2D eigenvalue weighted by Gasteiger charge is -2.23. The van der Waals surface area contributed by atoms with Crippen LogP contribution in [0.2, 0.25) is 0 Å². The third-order valence-electron chi connectivity index (χ3n) is 4.73. The average Bonchev–Trinajstić information content (AvgIpc) is 2.78. The van der Waals surface area contributed by atoms with E-state index in [0.29, 0.717) is 22.9 Å². The Kier molecular flexibility index (Phi) is 7.96. The molecule has 1 aromatic heterocycles. The first-order chi connectivity index (χ1) is 16.1. The molecule has 1 heterocycles. The van der Waals surface area contributed by atoms with Crippen molar-refractivity contribution in [1.82, 2.24) is 15.6 Å². The summed E-state index contributed by atoms with van der Waals surface area (Å²) in [5, 5.41) is 14.8. The Labute approximate surface area is 198 Å². The lowest BCUT2D eigenvalue weighted by atomic mass is 10.1. The van der Waals surface area contributed by atoms with Crippen molar-refractivity contribution in [2.24, 2.45) is 0 Å². The zero-order valence-electron chi connectivity index (χ0n) is 19.3. The van der Waals surface area contributed by atoms with E-state index in [1.54, 1.807) is 36.4 Å². The summed E-state index contributed by atoms with van der Waals surface area (Å²) in [6.07, 6.45) is -0.0410. The summed E-state index contributed by atoms with van der Waals surface area (Å²) in [4.78, 5) is 29.3. The van der Waals surface area contributed by atoms with Gasteiger partial charge in [-0.15, -0.1) is 0 Å². The summed E-state index contributed by atoms with van der Waals surface area (Å²) in [6, 6.07) is 16.8. The smallest absolute Gasteiger partial charge is 0.315 e. The Bertz CT molecular complexity index is 1130. The van der Waals surface area contributed by atoms with Crippen molar-refractivity contribution in [1.29, 1.82) is 0 Å². The van der Waals surface area contributed by atoms with Crippen LogP contribution in [0.4, 0.5) is 9.18 Å². The summed E-state index contributed by atoms with van der Waals surface area (Å²) in [7, 11) is 0. The summed E-state index contributed by atoms with van der Waals surface area (Å²) in [6.45, 7) is 4.95. The fourth-order valence-corrected chi connectivity index (χ4v) is 3.14. The molecule has 0 aliphatic rings. The molecule has 0 saturated carbocycles. The molecule has 8 heteroatoms. The van der Waals surface area contributed by atoms with Gasteiger partial charge in [-0.05, 0) is 81.4 Å². The number of Topliss-reactive ketones (excluding diaryl/α,β-unsaturated/α-hetero) is 1. The van der Waals surface area contributed by atoms with E-state index in [9.17, 15) is 19.1 Å². The predicted octanol–water partition coefficient (Wildman–Crippen LogP) is 4.25. The van der Waals surface area contributed by atoms with Crippen molar-refractivity contribution in [3.05, 3.63) is 78.2 Å². The summed E-state index contributed by atoms with van der Waals surface area (Å²) in [5.41, 5.74) is 1.54. The van der Waals surface area contributed by atoms with Crippen molar-refractivity contribution in [2.75, 3.05) is 6.61 Å². The zero-order valence-corrected chi connectivity index (χ0v) is 19.3. The Morgan fingerprint density at radius 2 is 1.62 bits per heavy atom. The first-order valence-electron chi connectivity index (χ1n) is 10.8. The number of nitrogens with zero attached hydrogens (tertiary/aromatic N) is 1.